The Morgan fingerprint density at radius 2 is 2.17 bits per heavy atom. The second-order valence-corrected chi connectivity index (χ2v) is 8.38. The van der Waals surface area contributed by atoms with E-state index in [0.29, 0.717) is 18.7 Å². The Balaban J connectivity index is 2.94. The van der Waals surface area contributed by atoms with E-state index in [-0.39, 0.29) is 5.91 Å². The summed E-state index contributed by atoms with van der Waals surface area (Å²) in [6, 6.07) is 0. The van der Waals surface area contributed by atoms with E-state index in [0.717, 1.165) is 12.2 Å². The molecule has 1 aliphatic heterocycles. The summed E-state index contributed by atoms with van der Waals surface area (Å²) in [7, 11) is -3.27. The van der Waals surface area contributed by atoms with Gasteiger partial charge in [0.25, 0.3) is 0 Å². The maximum atomic E-state index is 12.4. The minimum atomic E-state index is -3.27. The zero-order chi connectivity index (χ0) is 14.0. The normalized spacial score (nSPS) is 24.7. The first-order valence-corrected chi connectivity index (χ1v) is 9.17. The van der Waals surface area contributed by atoms with Crippen LogP contribution in [0.4, 0.5) is 0 Å². The lowest BCUT2D eigenvalue weighted by Crippen LogP contribution is -2.59. The molecule has 1 amide bonds. The highest BCUT2D eigenvalue weighted by Gasteiger charge is 2.40. The molecule has 2 atom stereocenters. The zero-order valence-corrected chi connectivity index (χ0v) is 12.8. The average molecular weight is 294 g/mol. The number of nitrogens with two attached hydrogens (primary N) is 1. The number of amides is 1. The smallest absolute Gasteiger partial charge is 0.243 e. The van der Waals surface area contributed by atoms with Crippen LogP contribution in [0.1, 0.15) is 26.7 Å². The Hall–Kier alpha value is -0.270. The van der Waals surface area contributed by atoms with E-state index in [1.807, 2.05) is 6.92 Å². The van der Waals surface area contributed by atoms with Gasteiger partial charge in [0.05, 0.1) is 5.54 Å². The molecule has 0 bridgehead atoms. The number of thioether (sulfide) groups is 1. The lowest BCUT2D eigenvalue weighted by Gasteiger charge is -2.38. The monoisotopic (exact) mass is 294 g/mol. The number of hydrogen-bond donors (Lipinski definition) is 1. The van der Waals surface area contributed by atoms with Gasteiger partial charge in [-0.2, -0.15) is 11.8 Å². The molecule has 1 aliphatic rings. The molecule has 2 unspecified atom stereocenters. The highest BCUT2D eigenvalue weighted by molar-refractivity contribution is 8.00. The Labute approximate surface area is 113 Å². The molecule has 2 N–H and O–H groups in total. The number of carbonyl (C=O) groups is 1. The van der Waals surface area contributed by atoms with Gasteiger partial charge in [-0.05, 0) is 13.3 Å². The van der Waals surface area contributed by atoms with Crippen LogP contribution in [0.2, 0.25) is 0 Å². The van der Waals surface area contributed by atoms with Crippen molar-refractivity contribution in [3.63, 3.8) is 0 Å². The summed E-state index contributed by atoms with van der Waals surface area (Å²) >= 11 is 1.56. The van der Waals surface area contributed by atoms with Crippen molar-refractivity contribution in [1.29, 1.82) is 0 Å². The molecule has 0 aromatic heterocycles. The van der Waals surface area contributed by atoms with Crippen molar-refractivity contribution in [3.8, 4) is 0 Å². The fraction of sp³-hybridized carbons (Fsp3) is 0.909. The third kappa shape index (κ3) is 3.61. The predicted molar refractivity (Wildman–Crippen MR) is 75.2 cm³/mol. The fourth-order valence-corrected chi connectivity index (χ4v) is 4.94. The Morgan fingerprint density at radius 3 is 2.67 bits per heavy atom. The number of carbonyl (C=O) groups excluding carboxylic acids is 1. The average Bonchev–Trinajstić information content (AvgIpc) is 2.27. The minimum absolute atomic E-state index is 0.250. The first kappa shape index (κ1) is 15.8. The van der Waals surface area contributed by atoms with E-state index in [2.05, 4.69) is 0 Å². The van der Waals surface area contributed by atoms with Gasteiger partial charge in [0.2, 0.25) is 5.91 Å². The number of hydrogen-bond acceptors (Lipinski definition) is 5. The van der Waals surface area contributed by atoms with Crippen LogP contribution in [0, 0.1) is 0 Å². The van der Waals surface area contributed by atoms with Crippen LogP contribution in [-0.2, 0) is 14.6 Å². The van der Waals surface area contributed by atoms with Crippen LogP contribution in [0.3, 0.4) is 0 Å². The van der Waals surface area contributed by atoms with Crippen molar-refractivity contribution < 1.29 is 13.2 Å². The van der Waals surface area contributed by atoms with E-state index in [1.54, 1.807) is 18.7 Å². The summed E-state index contributed by atoms with van der Waals surface area (Å²) in [6.07, 6.45) is 2.54. The molecule has 1 fully saturated rings. The maximum Gasteiger partial charge on any atom is 0.243 e. The van der Waals surface area contributed by atoms with Gasteiger partial charge in [0.15, 0.2) is 9.84 Å². The SMILES string of the molecule is CCCC(C)(N)C(=O)N1CCSCC1S(C)(=O)=O. The van der Waals surface area contributed by atoms with Gasteiger partial charge in [-0.3, -0.25) is 4.79 Å². The standard InChI is InChI=1S/C11H22N2O3S2/c1-4-5-11(2,12)10(14)13-6-7-17-8-9(13)18(3,15)16/h9H,4-8,12H2,1-3H3. The van der Waals surface area contributed by atoms with Gasteiger partial charge in [0, 0.05) is 24.3 Å². The molecule has 0 aromatic rings. The number of sulfone groups is 1. The van der Waals surface area contributed by atoms with Crippen molar-refractivity contribution in [2.75, 3.05) is 24.3 Å². The lowest BCUT2D eigenvalue weighted by molar-refractivity contribution is -0.137. The third-order valence-corrected chi connectivity index (χ3v) is 5.74. The van der Waals surface area contributed by atoms with Crippen molar-refractivity contribution in [1.82, 2.24) is 4.90 Å². The first-order chi connectivity index (χ1) is 8.20. The van der Waals surface area contributed by atoms with Crippen LogP contribution < -0.4 is 5.73 Å². The lowest BCUT2D eigenvalue weighted by atomic mass is 9.95. The molecule has 0 saturated carbocycles. The molecule has 1 heterocycles. The van der Waals surface area contributed by atoms with Gasteiger partial charge >= 0.3 is 0 Å². The molecule has 18 heavy (non-hydrogen) atoms. The summed E-state index contributed by atoms with van der Waals surface area (Å²) in [5.74, 6) is 0.951. The van der Waals surface area contributed by atoms with E-state index in [9.17, 15) is 13.2 Å². The van der Waals surface area contributed by atoms with E-state index in [4.69, 9.17) is 5.73 Å². The molecule has 5 nitrogen and oxygen atoms in total. The topological polar surface area (TPSA) is 80.5 Å². The molecule has 0 aromatic carbocycles. The molecular formula is C11H22N2O3S2. The van der Waals surface area contributed by atoms with Gasteiger partial charge in [0.1, 0.15) is 5.37 Å². The summed E-state index contributed by atoms with van der Waals surface area (Å²) in [5.41, 5.74) is 5.04. The fourth-order valence-electron chi connectivity index (χ4n) is 2.12. The quantitative estimate of drug-likeness (QED) is 0.814. The Morgan fingerprint density at radius 1 is 1.56 bits per heavy atom. The Bertz CT molecular complexity index is 407. The van der Waals surface area contributed by atoms with Gasteiger partial charge in [-0.15, -0.1) is 0 Å². The molecule has 1 saturated heterocycles. The van der Waals surface area contributed by atoms with Crippen LogP contribution in [-0.4, -0.2) is 54.4 Å². The van der Waals surface area contributed by atoms with Gasteiger partial charge in [-0.1, -0.05) is 13.3 Å². The van der Waals surface area contributed by atoms with Crippen molar-refractivity contribution in [3.05, 3.63) is 0 Å². The van der Waals surface area contributed by atoms with Crippen LogP contribution >= 0.6 is 11.8 Å². The van der Waals surface area contributed by atoms with E-state index in [1.165, 1.54) is 11.2 Å². The minimum Gasteiger partial charge on any atom is -0.322 e. The highest BCUT2D eigenvalue weighted by atomic mass is 32.2. The summed E-state index contributed by atoms with van der Waals surface area (Å²) < 4.78 is 23.5. The number of rotatable bonds is 4. The van der Waals surface area contributed by atoms with Crippen molar-refractivity contribution >= 4 is 27.5 Å². The molecule has 0 spiro atoms. The second-order valence-electron chi connectivity index (χ2n) is 5.03. The largest absolute Gasteiger partial charge is 0.322 e. The second kappa shape index (κ2) is 5.79. The Kier molecular flexibility index (Phi) is 5.08. The number of nitrogens with zero attached hydrogens (tertiary/aromatic N) is 1. The molecule has 7 heteroatoms. The van der Waals surface area contributed by atoms with Crippen molar-refractivity contribution in [2.24, 2.45) is 5.73 Å². The molecule has 0 aliphatic carbocycles. The van der Waals surface area contributed by atoms with Gasteiger partial charge < -0.3 is 10.6 Å². The molecule has 1 rings (SSSR count). The predicted octanol–water partition coefficient (Wildman–Crippen LogP) is 0.450. The van der Waals surface area contributed by atoms with Crippen LogP contribution in [0.25, 0.3) is 0 Å². The third-order valence-electron chi connectivity index (χ3n) is 3.10. The van der Waals surface area contributed by atoms with E-state index >= 15 is 0 Å². The zero-order valence-electron chi connectivity index (χ0n) is 11.2. The summed E-state index contributed by atoms with van der Waals surface area (Å²) in [6.45, 7) is 4.09. The van der Waals surface area contributed by atoms with Crippen molar-refractivity contribution in [2.45, 2.75) is 37.6 Å². The van der Waals surface area contributed by atoms with E-state index < -0.39 is 20.8 Å². The molecule has 106 valence electrons. The van der Waals surface area contributed by atoms with Crippen LogP contribution in [0.5, 0.6) is 0 Å². The van der Waals surface area contributed by atoms with Crippen LogP contribution in [0.15, 0.2) is 0 Å². The molecule has 0 radical (unpaired) electrons. The summed E-state index contributed by atoms with van der Waals surface area (Å²) in [5, 5.41) is -0.733. The van der Waals surface area contributed by atoms with Gasteiger partial charge in [-0.25, -0.2) is 8.42 Å². The summed E-state index contributed by atoms with van der Waals surface area (Å²) in [4.78, 5) is 13.8. The first-order valence-electron chi connectivity index (χ1n) is 6.06. The maximum absolute atomic E-state index is 12.4. The highest BCUT2D eigenvalue weighted by Crippen LogP contribution is 2.24. The molecular weight excluding hydrogens is 272 g/mol.